The number of allylic oxidation sites excluding steroid dienone is 8. The zero-order valence-corrected chi connectivity index (χ0v) is 33.5. The van der Waals surface area contributed by atoms with Crippen molar-refractivity contribution >= 4 is 37.9 Å². The molecule has 3 heteroatoms. The van der Waals surface area contributed by atoms with Crippen molar-refractivity contribution in [3.05, 3.63) is 228 Å². The zero-order valence-electron chi connectivity index (χ0n) is 33.5. The van der Waals surface area contributed by atoms with E-state index >= 15 is 0 Å². The number of fused-ring (bicyclic) bond motifs is 16. The molecule has 1 spiro atoms. The number of hydrogen-bond acceptors (Lipinski definition) is 3. The smallest absolute Gasteiger partial charge is 0.164 e. The number of hydrogen-bond donors (Lipinski definition) is 0. The molecule has 13 rings (SSSR count). The Morgan fingerprint density at radius 1 is 0.475 bits per heavy atom. The van der Waals surface area contributed by atoms with Gasteiger partial charge >= 0.3 is 0 Å². The maximum Gasteiger partial charge on any atom is 0.164 e. The SMILES string of the molecule is C1=CC2c3c(-c4cc5ccccc5cc4-c4nc(C5=CCCC=C5)nc(-c5ccccc5)n4)cccc3C3(c4ccccc4-c4c3c3ccccc3c3ccccc43)C2C=C1. The fraction of sp³-hybridized carbons (Fsp3) is 0.0862. The lowest BCUT2D eigenvalue weighted by Gasteiger charge is -2.37. The summed E-state index contributed by atoms with van der Waals surface area (Å²) >= 11 is 0. The van der Waals surface area contributed by atoms with E-state index in [9.17, 15) is 0 Å². The molecule has 0 fully saturated rings. The van der Waals surface area contributed by atoms with Crippen molar-refractivity contribution in [2.24, 2.45) is 5.92 Å². The number of rotatable bonds is 4. The van der Waals surface area contributed by atoms with Crippen molar-refractivity contribution in [1.82, 2.24) is 15.0 Å². The minimum absolute atomic E-state index is 0.131. The number of nitrogens with zero attached hydrogens (tertiary/aromatic N) is 3. The average Bonchev–Trinajstić information content (AvgIpc) is 3.82. The highest BCUT2D eigenvalue weighted by molar-refractivity contribution is 6.19. The van der Waals surface area contributed by atoms with Gasteiger partial charge in [0, 0.05) is 28.5 Å². The summed E-state index contributed by atoms with van der Waals surface area (Å²) < 4.78 is 0. The molecule has 1 aromatic heterocycles. The molecule has 4 aliphatic rings. The summed E-state index contributed by atoms with van der Waals surface area (Å²) in [5.74, 6) is 2.35. The Balaban J connectivity index is 1.13. The van der Waals surface area contributed by atoms with Crippen LogP contribution in [0.4, 0.5) is 0 Å². The predicted octanol–water partition coefficient (Wildman–Crippen LogP) is 14.2. The lowest BCUT2D eigenvalue weighted by Crippen LogP contribution is -2.33. The van der Waals surface area contributed by atoms with E-state index in [1.807, 2.05) is 6.07 Å². The molecule has 61 heavy (non-hydrogen) atoms. The first-order chi connectivity index (χ1) is 30.3. The Labute approximate surface area is 354 Å². The van der Waals surface area contributed by atoms with Crippen LogP contribution in [0.1, 0.15) is 46.8 Å². The fourth-order valence-electron chi connectivity index (χ4n) is 11.4. The van der Waals surface area contributed by atoms with Crippen LogP contribution in [0.3, 0.4) is 0 Å². The van der Waals surface area contributed by atoms with Gasteiger partial charge in [0.05, 0.1) is 5.41 Å². The van der Waals surface area contributed by atoms with Gasteiger partial charge in [0.25, 0.3) is 0 Å². The van der Waals surface area contributed by atoms with E-state index in [4.69, 9.17) is 15.0 Å². The number of benzene rings is 8. The molecule has 0 amide bonds. The molecule has 9 aromatic rings. The largest absolute Gasteiger partial charge is 0.208 e. The summed E-state index contributed by atoms with van der Waals surface area (Å²) in [5.41, 5.74) is 13.2. The second kappa shape index (κ2) is 13.3. The Morgan fingerprint density at radius 2 is 1.11 bits per heavy atom. The van der Waals surface area contributed by atoms with Crippen LogP contribution >= 0.6 is 0 Å². The first kappa shape index (κ1) is 34.4. The van der Waals surface area contributed by atoms with Gasteiger partial charge in [-0.3, -0.25) is 0 Å². The standard InChI is InChI=1S/C58H39N3/c1-3-18-36(19-4-1)55-59-56(37-20-5-2-6-21-37)61-57(60-55)48-35-39-23-8-7-22-38(39)34-47(48)43-30-17-33-51-52(43)45-28-13-15-31-49(45)58(51)50-32-16-14-29-46(50)53-42-26-11-9-24-40(42)41-25-10-12-27-44(41)54(53)58/h1,3-5,7-35,45,49H,2,6H2. The van der Waals surface area contributed by atoms with Crippen LogP contribution in [0.15, 0.2) is 200 Å². The lowest BCUT2D eigenvalue weighted by molar-refractivity contribution is 0.468. The second-order valence-corrected chi connectivity index (χ2v) is 16.8. The van der Waals surface area contributed by atoms with Crippen LogP contribution in [0.5, 0.6) is 0 Å². The van der Waals surface area contributed by atoms with Crippen molar-refractivity contribution < 1.29 is 0 Å². The fourth-order valence-corrected chi connectivity index (χ4v) is 11.4. The van der Waals surface area contributed by atoms with Gasteiger partial charge in [-0.05, 0) is 102 Å². The topological polar surface area (TPSA) is 38.7 Å². The minimum atomic E-state index is -0.426. The monoisotopic (exact) mass is 777 g/mol. The van der Waals surface area contributed by atoms with Crippen LogP contribution < -0.4 is 0 Å². The summed E-state index contributed by atoms with van der Waals surface area (Å²) in [7, 11) is 0. The maximum atomic E-state index is 5.35. The molecule has 0 bridgehead atoms. The minimum Gasteiger partial charge on any atom is -0.208 e. The summed E-state index contributed by atoms with van der Waals surface area (Å²) in [6, 6.07) is 58.2. The van der Waals surface area contributed by atoms with Gasteiger partial charge in [0.1, 0.15) is 0 Å². The van der Waals surface area contributed by atoms with Gasteiger partial charge in [0.2, 0.25) is 0 Å². The van der Waals surface area contributed by atoms with Gasteiger partial charge in [0.15, 0.2) is 17.5 Å². The normalized spacial score (nSPS) is 19.3. The van der Waals surface area contributed by atoms with Gasteiger partial charge in [-0.2, -0.15) is 0 Å². The maximum absolute atomic E-state index is 5.35. The van der Waals surface area contributed by atoms with Crippen LogP contribution in [0.2, 0.25) is 0 Å². The molecule has 0 radical (unpaired) electrons. The van der Waals surface area contributed by atoms with Crippen molar-refractivity contribution in [2.45, 2.75) is 24.2 Å². The highest BCUT2D eigenvalue weighted by Crippen LogP contribution is 2.68. The van der Waals surface area contributed by atoms with E-state index in [1.165, 1.54) is 65.9 Å². The molecule has 4 aliphatic carbocycles. The zero-order chi connectivity index (χ0) is 40.1. The highest BCUT2D eigenvalue weighted by atomic mass is 15.0. The van der Waals surface area contributed by atoms with Gasteiger partial charge < -0.3 is 0 Å². The molecule has 3 nitrogen and oxygen atoms in total. The third-order valence-electron chi connectivity index (χ3n) is 13.8. The Hall–Kier alpha value is -7.49. The van der Waals surface area contributed by atoms with Crippen molar-refractivity contribution in [1.29, 1.82) is 0 Å². The van der Waals surface area contributed by atoms with Crippen LogP contribution in [-0.4, -0.2) is 15.0 Å². The van der Waals surface area contributed by atoms with Crippen molar-refractivity contribution in [2.75, 3.05) is 0 Å². The molecular weight excluding hydrogens is 739 g/mol. The summed E-state index contributed by atoms with van der Waals surface area (Å²) in [6.07, 6.45) is 18.1. The molecular formula is C58H39N3. The highest BCUT2D eigenvalue weighted by Gasteiger charge is 2.58. The summed E-state index contributed by atoms with van der Waals surface area (Å²) in [5, 5.41) is 7.60. The first-order valence-electron chi connectivity index (χ1n) is 21.5. The average molecular weight is 778 g/mol. The second-order valence-electron chi connectivity index (χ2n) is 16.8. The van der Waals surface area contributed by atoms with Crippen molar-refractivity contribution in [3.8, 4) is 45.0 Å². The third-order valence-corrected chi connectivity index (χ3v) is 13.8. The lowest BCUT2D eigenvalue weighted by atomic mass is 9.64. The molecule has 3 atom stereocenters. The quantitative estimate of drug-likeness (QED) is 0.167. The summed E-state index contributed by atoms with van der Waals surface area (Å²) in [4.78, 5) is 15.8. The first-order valence-corrected chi connectivity index (χ1v) is 21.5. The van der Waals surface area contributed by atoms with Gasteiger partial charge in [-0.1, -0.05) is 188 Å². The molecule has 0 saturated carbocycles. The molecule has 8 aromatic carbocycles. The molecule has 3 unspecified atom stereocenters. The van der Waals surface area contributed by atoms with Crippen molar-refractivity contribution in [3.63, 3.8) is 0 Å². The van der Waals surface area contributed by atoms with E-state index < -0.39 is 5.41 Å². The Kier molecular flexibility index (Phi) is 7.47. The van der Waals surface area contributed by atoms with E-state index in [-0.39, 0.29) is 11.8 Å². The molecule has 0 aliphatic heterocycles. The Bertz CT molecular complexity index is 3440. The van der Waals surface area contributed by atoms with E-state index in [2.05, 4.69) is 194 Å². The van der Waals surface area contributed by atoms with Gasteiger partial charge in [-0.15, -0.1) is 0 Å². The Morgan fingerprint density at radius 3 is 1.93 bits per heavy atom. The van der Waals surface area contributed by atoms with Crippen LogP contribution in [0, 0.1) is 5.92 Å². The van der Waals surface area contributed by atoms with E-state index in [0.717, 1.165) is 40.5 Å². The third kappa shape index (κ3) is 4.89. The van der Waals surface area contributed by atoms with Gasteiger partial charge in [-0.25, -0.2) is 15.0 Å². The number of aromatic nitrogens is 3. The molecule has 1 heterocycles. The molecule has 286 valence electrons. The summed E-state index contributed by atoms with van der Waals surface area (Å²) in [6.45, 7) is 0. The molecule has 0 N–H and O–H groups in total. The predicted molar refractivity (Wildman–Crippen MR) is 251 cm³/mol. The van der Waals surface area contributed by atoms with E-state index in [0.29, 0.717) is 17.5 Å². The van der Waals surface area contributed by atoms with Crippen LogP contribution in [0.25, 0.3) is 82.9 Å². The van der Waals surface area contributed by atoms with E-state index in [1.54, 1.807) is 0 Å². The molecule has 0 saturated heterocycles. The van der Waals surface area contributed by atoms with Crippen LogP contribution in [-0.2, 0) is 5.41 Å².